The molecule has 7 nitrogen and oxygen atoms in total. The predicted molar refractivity (Wildman–Crippen MR) is 85.3 cm³/mol. The molecule has 1 heterocycles. The van der Waals surface area contributed by atoms with E-state index in [9.17, 15) is 4.79 Å². The van der Waals surface area contributed by atoms with E-state index in [1.54, 1.807) is 19.2 Å². The topological polar surface area (TPSA) is 88.2 Å². The average molecular weight is 301 g/mol. The average Bonchev–Trinajstić information content (AvgIpc) is 2.54. The first-order valence-electron chi connectivity index (χ1n) is 6.91. The van der Waals surface area contributed by atoms with Gasteiger partial charge in [0.15, 0.2) is 0 Å². The second-order valence-corrected chi connectivity index (χ2v) is 4.57. The fourth-order valence-corrected chi connectivity index (χ4v) is 1.77. The summed E-state index contributed by atoms with van der Waals surface area (Å²) < 4.78 is 5.17. The van der Waals surface area contributed by atoms with Crippen molar-refractivity contribution in [2.75, 3.05) is 30.8 Å². The lowest BCUT2D eigenvalue weighted by Gasteiger charge is -2.11. The molecule has 0 saturated carbocycles. The maximum absolute atomic E-state index is 11.8. The van der Waals surface area contributed by atoms with Crippen LogP contribution in [-0.2, 0) is 0 Å². The van der Waals surface area contributed by atoms with Gasteiger partial charge in [-0.1, -0.05) is 12.1 Å². The molecule has 22 heavy (non-hydrogen) atoms. The Hall–Kier alpha value is -2.83. The highest BCUT2D eigenvalue weighted by Crippen LogP contribution is 2.22. The number of anilines is 2. The van der Waals surface area contributed by atoms with Gasteiger partial charge in [-0.3, -0.25) is 0 Å². The highest BCUT2D eigenvalue weighted by atomic mass is 16.5. The number of hydrogen-bond donors (Lipinski definition) is 3. The molecule has 0 atom stereocenters. The number of aromatic nitrogens is 2. The van der Waals surface area contributed by atoms with Crippen molar-refractivity contribution < 1.29 is 9.53 Å². The minimum Gasteiger partial charge on any atom is -0.495 e. The first kappa shape index (κ1) is 15.6. The van der Waals surface area contributed by atoms with Gasteiger partial charge >= 0.3 is 6.03 Å². The quantitative estimate of drug-likeness (QED) is 0.711. The molecule has 2 rings (SSSR count). The van der Waals surface area contributed by atoms with E-state index in [1.807, 2.05) is 31.2 Å². The van der Waals surface area contributed by atoms with Crippen molar-refractivity contribution in [1.82, 2.24) is 15.5 Å². The van der Waals surface area contributed by atoms with Crippen LogP contribution in [0, 0.1) is 6.92 Å². The van der Waals surface area contributed by atoms with Gasteiger partial charge < -0.3 is 20.7 Å². The molecular formula is C15H19N5O2. The molecule has 1 aromatic carbocycles. The molecule has 0 unspecified atom stereocenters. The molecule has 0 aliphatic carbocycles. The second-order valence-electron chi connectivity index (χ2n) is 4.57. The van der Waals surface area contributed by atoms with Crippen LogP contribution in [0.4, 0.5) is 16.3 Å². The first-order chi connectivity index (χ1) is 10.7. The number of benzene rings is 1. The molecular weight excluding hydrogens is 282 g/mol. The number of para-hydroxylation sites is 2. The largest absolute Gasteiger partial charge is 0.495 e. The van der Waals surface area contributed by atoms with Crippen molar-refractivity contribution in [3.8, 4) is 5.75 Å². The lowest BCUT2D eigenvalue weighted by molar-refractivity contribution is 0.252. The number of urea groups is 1. The van der Waals surface area contributed by atoms with Crippen LogP contribution in [0.25, 0.3) is 0 Å². The second kappa shape index (κ2) is 7.82. The van der Waals surface area contributed by atoms with Crippen molar-refractivity contribution in [2.24, 2.45) is 0 Å². The highest BCUT2D eigenvalue weighted by Gasteiger charge is 2.05. The molecule has 0 saturated heterocycles. The Labute approximate surface area is 129 Å². The minimum absolute atomic E-state index is 0.290. The molecule has 2 aromatic rings. The normalized spacial score (nSPS) is 9.91. The smallest absolute Gasteiger partial charge is 0.319 e. The zero-order valence-electron chi connectivity index (χ0n) is 12.6. The number of amides is 2. The third kappa shape index (κ3) is 4.62. The van der Waals surface area contributed by atoms with Crippen molar-refractivity contribution >= 4 is 17.5 Å². The molecule has 1 aromatic heterocycles. The molecule has 0 bridgehead atoms. The summed E-state index contributed by atoms with van der Waals surface area (Å²) in [7, 11) is 1.56. The summed E-state index contributed by atoms with van der Waals surface area (Å²) in [6.07, 6.45) is 0. The summed E-state index contributed by atoms with van der Waals surface area (Å²) in [5.41, 5.74) is 1.49. The summed E-state index contributed by atoms with van der Waals surface area (Å²) in [6, 6.07) is 10.7. The maximum atomic E-state index is 11.8. The van der Waals surface area contributed by atoms with Gasteiger partial charge in [0.05, 0.1) is 18.5 Å². The Morgan fingerprint density at radius 2 is 1.95 bits per heavy atom. The molecule has 116 valence electrons. The molecule has 2 amide bonds. The summed E-state index contributed by atoms with van der Waals surface area (Å²) in [5, 5.41) is 16.5. The van der Waals surface area contributed by atoms with Crippen LogP contribution in [0.3, 0.4) is 0 Å². The number of nitrogens with zero attached hydrogens (tertiary/aromatic N) is 2. The van der Waals surface area contributed by atoms with Crippen molar-refractivity contribution in [1.29, 1.82) is 0 Å². The van der Waals surface area contributed by atoms with Crippen LogP contribution in [0.5, 0.6) is 5.75 Å². The van der Waals surface area contributed by atoms with Crippen molar-refractivity contribution in [3.63, 3.8) is 0 Å². The number of nitrogens with one attached hydrogen (secondary N) is 3. The van der Waals surface area contributed by atoms with E-state index in [1.165, 1.54) is 0 Å². The van der Waals surface area contributed by atoms with Gasteiger partial charge in [-0.15, -0.1) is 5.10 Å². The predicted octanol–water partition coefficient (Wildman–Crippen LogP) is 2.03. The number of ether oxygens (including phenoxy) is 1. The fourth-order valence-electron chi connectivity index (χ4n) is 1.77. The number of hydrogen-bond acceptors (Lipinski definition) is 5. The van der Waals surface area contributed by atoms with E-state index in [4.69, 9.17) is 4.74 Å². The van der Waals surface area contributed by atoms with Gasteiger partial charge in [0, 0.05) is 13.1 Å². The van der Waals surface area contributed by atoms with Crippen LogP contribution in [-0.4, -0.2) is 36.4 Å². The zero-order chi connectivity index (χ0) is 15.8. The number of rotatable bonds is 6. The monoisotopic (exact) mass is 301 g/mol. The Balaban J connectivity index is 1.72. The highest BCUT2D eigenvalue weighted by molar-refractivity contribution is 5.90. The van der Waals surface area contributed by atoms with Crippen LogP contribution in [0.1, 0.15) is 5.69 Å². The van der Waals surface area contributed by atoms with Crippen LogP contribution in [0.15, 0.2) is 36.4 Å². The lowest BCUT2D eigenvalue weighted by atomic mass is 10.3. The fraction of sp³-hybridized carbons (Fsp3) is 0.267. The zero-order valence-corrected chi connectivity index (χ0v) is 12.6. The van der Waals surface area contributed by atoms with Gasteiger partial charge in [-0.05, 0) is 31.2 Å². The summed E-state index contributed by atoms with van der Waals surface area (Å²) in [4.78, 5) is 11.8. The SMILES string of the molecule is COc1ccccc1NC(=O)NCCNc1ccc(C)nn1. The molecule has 7 heteroatoms. The van der Waals surface area contributed by atoms with Crippen LogP contribution >= 0.6 is 0 Å². The van der Waals surface area contributed by atoms with Crippen LogP contribution in [0.2, 0.25) is 0 Å². The third-order valence-electron chi connectivity index (χ3n) is 2.87. The minimum atomic E-state index is -0.290. The number of aryl methyl sites for hydroxylation is 1. The maximum Gasteiger partial charge on any atom is 0.319 e. The molecule has 0 aliphatic heterocycles. The summed E-state index contributed by atoms with van der Waals surface area (Å²) in [5.74, 6) is 1.29. The first-order valence-corrected chi connectivity index (χ1v) is 6.91. The summed E-state index contributed by atoms with van der Waals surface area (Å²) in [6.45, 7) is 2.88. The van der Waals surface area contributed by atoms with Gasteiger partial charge in [0.25, 0.3) is 0 Å². The van der Waals surface area contributed by atoms with E-state index >= 15 is 0 Å². The number of carbonyl (C=O) groups excluding carboxylic acids is 1. The number of carbonyl (C=O) groups is 1. The van der Waals surface area contributed by atoms with Gasteiger partial charge in [-0.2, -0.15) is 5.10 Å². The number of methoxy groups -OCH3 is 1. The third-order valence-corrected chi connectivity index (χ3v) is 2.87. The Bertz CT molecular complexity index is 616. The standard InChI is InChI=1S/C15H19N5O2/c1-11-7-8-14(20-19-11)16-9-10-17-15(21)18-12-5-3-4-6-13(12)22-2/h3-8H,9-10H2,1-2H3,(H,16,20)(H2,17,18,21). The van der Waals surface area contributed by atoms with Crippen molar-refractivity contribution in [2.45, 2.75) is 6.92 Å². The molecule has 0 fully saturated rings. The molecule has 0 spiro atoms. The molecule has 0 aliphatic rings. The van der Waals surface area contributed by atoms with E-state index < -0.39 is 0 Å². The van der Waals surface area contributed by atoms with Gasteiger partial charge in [0.1, 0.15) is 11.6 Å². The Morgan fingerprint density at radius 1 is 1.14 bits per heavy atom. The lowest BCUT2D eigenvalue weighted by Crippen LogP contribution is -2.32. The van der Waals surface area contributed by atoms with E-state index in [0.717, 1.165) is 5.69 Å². The van der Waals surface area contributed by atoms with E-state index in [0.29, 0.717) is 30.3 Å². The molecule has 0 radical (unpaired) electrons. The Morgan fingerprint density at radius 3 is 2.68 bits per heavy atom. The molecule has 3 N–H and O–H groups in total. The Kier molecular flexibility index (Phi) is 5.53. The van der Waals surface area contributed by atoms with E-state index in [2.05, 4.69) is 26.1 Å². The van der Waals surface area contributed by atoms with Gasteiger partial charge in [-0.25, -0.2) is 4.79 Å². The summed E-state index contributed by atoms with van der Waals surface area (Å²) >= 11 is 0. The van der Waals surface area contributed by atoms with Crippen molar-refractivity contribution in [3.05, 3.63) is 42.1 Å². The van der Waals surface area contributed by atoms with Crippen LogP contribution < -0.4 is 20.7 Å². The van der Waals surface area contributed by atoms with E-state index in [-0.39, 0.29) is 6.03 Å². The van der Waals surface area contributed by atoms with Gasteiger partial charge in [0.2, 0.25) is 0 Å².